The molecule has 3 heterocycles. The number of benzene rings is 1. The molecule has 228 valence electrons. The van der Waals surface area contributed by atoms with Crippen LogP contribution < -0.4 is 10.6 Å². The van der Waals surface area contributed by atoms with Crippen molar-refractivity contribution >= 4 is 41.0 Å². The van der Waals surface area contributed by atoms with Gasteiger partial charge in [-0.25, -0.2) is 9.59 Å². The molecule has 1 saturated heterocycles. The Bertz CT molecular complexity index is 1390. The number of nitrogens with zero attached hydrogens (tertiary/aromatic N) is 2. The van der Waals surface area contributed by atoms with Gasteiger partial charge in [-0.15, -0.1) is 0 Å². The molecule has 4 rings (SSSR count). The molecule has 2 aromatic heterocycles. The smallest absolute Gasteiger partial charge is 0.416 e. The molecule has 1 amide bonds. The number of aliphatic carboxylic acids is 2. The van der Waals surface area contributed by atoms with E-state index >= 15 is 0 Å². The van der Waals surface area contributed by atoms with Gasteiger partial charge in [0.2, 0.25) is 5.22 Å². The first-order chi connectivity index (χ1) is 19.6. The third kappa shape index (κ3) is 7.80. The Morgan fingerprint density at radius 3 is 2.21 bits per heavy atom. The number of aliphatic hydroxyl groups is 2. The molecule has 1 aliphatic heterocycles. The second kappa shape index (κ2) is 13.6. The maximum absolute atomic E-state index is 12.9. The van der Waals surface area contributed by atoms with E-state index in [2.05, 4.69) is 15.7 Å². The Balaban J connectivity index is 0.000000416. The van der Waals surface area contributed by atoms with Gasteiger partial charge >= 0.3 is 18.1 Å². The Labute approximate surface area is 245 Å². The zero-order valence-electron chi connectivity index (χ0n) is 21.6. The molecule has 3 aromatic rings. The lowest BCUT2D eigenvalue weighted by Crippen LogP contribution is -2.50. The van der Waals surface area contributed by atoms with Crippen molar-refractivity contribution in [1.29, 1.82) is 0 Å². The van der Waals surface area contributed by atoms with E-state index < -0.39 is 41.8 Å². The normalized spacial score (nSPS) is 18.4. The lowest BCUT2D eigenvalue weighted by atomic mass is 9.85. The molecule has 12 nitrogen and oxygen atoms in total. The van der Waals surface area contributed by atoms with Gasteiger partial charge in [-0.1, -0.05) is 23.7 Å². The van der Waals surface area contributed by atoms with E-state index in [1.54, 1.807) is 7.05 Å². The topological polar surface area (TPSA) is 187 Å². The average Bonchev–Trinajstić information content (AvgIpc) is 3.48. The summed E-state index contributed by atoms with van der Waals surface area (Å²) < 4.78 is 45.6. The number of furan rings is 1. The molecular formula is C25H25Cl2F3N4O8. The van der Waals surface area contributed by atoms with Gasteiger partial charge in [0.15, 0.2) is 18.0 Å². The molecule has 2 unspecified atom stereocenters. The van der Waals surface area contributed by atoms with Crippen molar-refractivity contribution in [2.75, 3.05) is 13.1 Å². The second-order valence-corrected chi connectivity index (χ2v) is 9.88. The van der Waals surface area contributed by atoms with E-state index in [1.807, 2.05) is 0 Å². The minimum atomic E-state index is -4.40. The number of hydrogen-bond acceptors (Lipinski definition) is 8. The lowest BCUT2D eigenvalue weighted by molar-refractivity contribution is -0.165. The SMILES string of the molecule is Cn1ncc(Cl)c1-c1cc(C(=O)NC2CNCCC2c2ccc(C(F)(F)F)cc2)oc1Cl.O=C(O)[C@H](O)[C@@H](O)C(=O)O. The van der Waals surface area contributed by atoms with Crippen LogP contribution in [0, 0.1) is 0 Å². The van der Waals surface area contributed by atoms with E-state index in [1.165, 1.54) is 29.1 Å². The molecule has 6 N–H and O–H groups in total. The molecule has 42 heavy (non-hydrogen) atoms. The van der Waals surface area contributed by atoms with Gasteiger partial charge in [-0.3, -0.25) is 9.48 Å². The summed E-state index contributed by atoms with van der Waals surface area (Å²) in [6.45, 7) is 1.15. The van der Waals surface area contributed by atoms with Crippen molar-refractivity contribution in [3.8, 4) is 11.3 Å². The number of carbonyl (C=O) groups excluding carboxylic acids is 1. The van der Waals surface area contributed by atoms with Gasteiger partial charge in [-0.2, -0.15) is 18.3 Å². The number of aryl methyl sites for hydroxylation is 1. The Hall–Kier alpha value is -3.63. The first-order valence-electron chi connectivity index (χ1n) is 12.1. The summed E-state index contributed by atoms with van der Waals surface area (Å²) in [5, 5.41) is 43.1. The third-order valence-corrected chi connectivity index (χ3v) is 6.89. The van der Waals surface area contributed by atoms with E-state index in [-0.39, 0.29) is 22.9 Å². The van der Waals surface area contributed by atoms with Crippen LogP contribution in [0.3, 0.4) is 0 Å². The number of halogens is 5. The zero-order chi connectivity index (χ0) is 31.4. The quantitative estimate of drug-likeness (QED) is 0.225. The summed E-state index contributed by atoms with van der Waals surface area (Å²) in [5.41, 5.74) is 0.969. The van der Waals surface area contributed by atoms with Crippen molar-refractivity contribution in [2.45, 2.75) is 36.8 Å². The van der Waals surface area contributed by atoms with E-state index in [0.29, 0.717) is 35.8 Å². The van der Waals surface area contributed by atoms with E-state index in [0.717, 1.165) is 17.7 Å². The van der Waals surface area contributed by atoms with E-state index in [4.69, 9.17) is 48.0 Å². The van der Waals surface area contributed by atoms with Crippen LogP contribution in [0.5, 0.6) is 0 Å². The fraction of sp³-hybridized carbons (Fsp3) is 0.360. The molecule has 0 spiro atoms. The minimum absolute atomic E-state index is 0.000917. The van der Waals surface area contributed by atoms with Crippen LogP contribution in [0.2, 0.25) is 10.2 Å². The third-order valence-electron chi connectivity index (χ3n) is 6.33. The molecule has 0 aliphatic carbocycles. The summed E-state index contributed by atoms with van der Waals surface area (Å²) >= 11 is 12.4. The van der Waals surface area contributed by atoms with Gasteiger partial charge in [0, 0.05) is 31.6 Å². The molecule has 0 saturated carbocycles. The number of rotatable bonds is 7. The highest BCUT2D eigenvalue weighted by molar-refractivity contribution is 6.35. The molecular weight excluding hydrogens is 612 g/mol. The number of hydrogen-bond donors (Lipinski definition) is 6. The average molecular weight is 637 g/mol. The lowest BCUT2D eigenvalue weighted by Gasteiger charge is -2.33. The molecule has 17 heteroatoms. The van der Waals surface area contributed by atoms with Gasteiger partial charge in [0.05, 0.1) is 28.0 Å². The number of alkyl halides is 3. The van der Waals surface area contributed by atoms with Crippen molar-refractivity contribution in [3.63, 3.8) is 0 Å². The molecule has 1 aliphatic rings. The summed E-state index contributed by atoms with van der Waals surface area (Å²) in [7, 11) is 1.69. The molecule has 0 bridgehead atoms. The van der Waals surface area contributed by atoms with Crippen LogP contribution in [0.4, 0.5) is 13.2 Å². The van der Waals surface area contributed by atoms with Crippen LogP contribution in [0.25, 0.3) is 11.3 Å². The summed E-state index contributed by atoms with van der Waals surface area (Å²) in [6, 6.07) is 6.19. The molecule has 1 aromatic carbocycles. The fourth-order valence-corrected chi connectivity index (χ4v) is 4.69. The number of aromatic nitrogens is 2. The maximum atomic E-state index is 12.9. The maximum Gasteiger partial charge on any atom is 0.416 e. The Kier molecular flexibility index (Phi) is 10.6. The van der Waals surface area contributed by atoms with E-state index in [9.17, 15) is 27.6 Å². The number of nitrogens with one attached hydrogen (secondary N) is 2. The van der Waals surface area contributed by atoms with Crippen LogP contribution in [-0.4, -0.2) is 79.4 Å². The van der Waals surface area contributed by atoms with Crippen LogP contribution in [0.1, 0.15) is 34.0 Å². The zero-order valence-corrected chi connectivity index (χ0v) is 23.1. The largest absolute Gasteiger partial charge is 0.479 e. The number of carboxylic acids is 2. The first kappa shape index (κ1) is 32.9. The van der Waals surface area contributed by atoms with Crippen molar-refractivity contribution in [2.24, 2.45) is 7.05 Å². The minimum Gasteiger partial charge on any atom is -0.479 e. The highest BCUT2D eigenvalue weighted by Gasteiger charge is 2.33. The second-order valence-electron chi connectivity index (χ2n) is 9.13. The highest BCUT2D eigenvalue weighted by atomic mass is 35.5. The Morgan fingerprint density at radius 2 is 1.71 bits per heavy atom. The predicted octanol–water partition coefficient (Wildman–Crippen LogP) is 2.76. The van der Waals surface area contributed by atoms with Gasteiger partial charge in [0.25, 0.3) is 5.91 Å². The number of carbonyl (C=O) groups is 3. The fourth-order valence-electron chi connectivity index (χ4n) is 4.19. The number of carboxylic acid groups (broad SMARTS) is 2. The predicted molar refractivity (Wildman–Crippen MR) is 141 cm³/mol. The number of aliphatic hydroxyl groups excluding tert-OH is 2. The van der Waals surface area contributed by atoms with Gasteiger partial charge in [0.1, 0.15) is 0 Å². The van der Waals surface area contributed by atoms with Crippen molar-refractivity contribution in [1.82, 2.24) is 20.4 Å². The highest BCUT2D eigenvalue weighted by Crippen LogP contribution is 2.36. The summed E-state index contributed by atoms with van der Waals surface area (Å²) in [5.74, 6) is -4.18. The first-order valence-corrected chi connectivity index (χ1v) is 12.8. The van der Waals surface area contributed by atoms with Gasteiger partial charge < -0.3 is 35.5 Å². The van der Waals surface area contributed by atoms with Crippen molar-refractivity contribution in [3.05, 3.63) is 63.7 Å². The standard InChI is InChI=1S/C21H19Cl2F3N4O2.C4H6O6/c1-30-18(15(22)9-28-30)14-8-17(32-19(14)23)20(31)29-16-10-27-7-6-13(16)11-2-4-12(5-3-11)21(24,25)26;5-1(3(7)8)2(6)4(9)10/h2-5,8-9,13,16,27H,6-7,10H2,1H3,(H,29,31);1-2,5-6H,(H,7,8)(H,9,10)/t;1-,2-/m.1/s1. The van der Waals surface area contributed by atoms with Gasteiger partial charge in [-0.05, 0) is 42.3 Å². The molecule has 4 atom stereocenters. The molecule has 0 radical (unpaired) electrons. The Morgan fingerprint density at radius 1 is 1.12 bits per heavy atom. The molecule has 1 fully saturated rings. The number of amides is 1. The van der Waals surface area contributed by atoms with Crippen LogP contribution in [0.15, 0.2) is 40.9 Å². The van der Waals surface area contributed by atoms with Crippen LogP contribution in [-0.2, 0) is 22.8 Å². The summed E-state index contributed by atoms with van der Waals surface area (Å²) in [6.07, 6.45) is -6.81. The monoisotopic (exact) mass is 636 g/mol. The summed E-state index contributed by atoms with van der Waals surface area (Å²) in [4.78, 5) is 32.4. The number of piperidine rings is 1. The van der Waals surface area contributed by atoms with Crippen molar-refractivity contribution < 1.29 is 52.4 Å². The van der Waals surface area contributed by atoms with Crippen LogP contribution >= 0.6 is 23.2 Å².